The van der Waals surface area contributed by atoms with Crippen molar-refractivity contribution in [2.24, 2.45) is 0 Å². The Morgan fingerprint density at radius 2 is 2.23 bits per heavy atom. The molecule has 0 aromatic rings. The van der Waals surface area contributed by atoms with Gasteiger partial charge in [0.1, 0.15) is 12.0 Å². The average Bonchev–Trinajstić information content (AvgIpc) is 1.99. The van der Waals surface area contributed by atoms with Gasteiger partial charge in [0.05, 0.1) is 5.57 Å². The van der Waals surface area contributed by atoms with Gasteiger partial charge >= 0.3 is 0 Å². The van der Waals surface area contributed by atoms with E-state index in [2.05, 4.69) is 11.9 Å². The molecule has 0 radical (unpaired) electrons. The summed E-state index contributed by atoms with van der Waals surface area (Å²) >= 11 is 0. The summed E-state index contributed by atoms with van der Waals surface area (Å²) in [5.74, 6) is -1.52. The number of carbonyl (C=O) groups excluding carboxylic acids is 1. The lowest BCUT2D eigenvalue weighted by molar-refractivity contribution is -0.118. The van der Waals surface area contributed by atoms with Crippen LogP contribution in [0.15, 0.2) is 24.1 Å². The van der Waals surface area contributed by atoms with Crippen LogP contribution in [0, 0.1) is 0 Å². The monoisotopic (exact) mass is 189 g/mol. The fourth-order valence-electron chi connectivity index (χ4n) is 0.871. The fourth-order valence-corrected chi connectivity index (χ4v) is 0.871. The van der Waals surface area contributed by atoms with Crippen LogP contribution in [0.4, 0.5) is 8.78 Å². The molecule has 0 bridgehead atoms. The Bertz CT molecular complexity index is 230. The molecule has 0 rings (SSSR count). The Morgan fingerprint density at radius 1 is 1.69 bits per heavy atom. The maximum atomic E-state index is 12.7. The van der Waals surface area contributed by atoms with Crippen LogP contribution in [0.5, 0.6) is 0 Å². The van der Waals surface area contributed by atoms with Gasteiger partial charge in [0.2, 0.25) is 0 Å². The number of nitrogens with one attached hydrogen (secondary N) is 1. The Balaban J connectivity index is 4.50. The second-order valence-corrected chi connectivity index (χ2v) is 2.56. The summed E-state index contributed by atoms with van der Waals surface area (Å²) in [6.45, 7) is 5.73. The first-order valence-electron chi connectivity index (χ1n) is 3.90. The Morgan fingerprint density at radius 3 is 2.54 bits per heavy atom. The first kappa shape index (κ1) is 11.8. The smallest absolute Gasteiger partial charge is 0.253 e. The van der Waals surface area contributed by atoms with Crippen molar-refractivity contribution in [3.05, 3.63) is 24.1 Å². The summed E-state index contributed by atoms with van der Waals surface area (Å²) < 4.78 is 25.4. The molecule has 0 saturated heterocycles. The minimum atomic E-state index is -1.60. The van der Waals surface area contributed by atoms with Crippen molar-refractivity contribution in [3.63, 3.8) is 0 Å². The van der Waals surface area contributed by atoms with Gasteiger partial charge in [0.25, 0.3) is 5.91 Å². The van der Waals surface area contributed by atoms with Gasteiger partial charge in [-0.15, -0.1) is 6.58 Å². The van der Waals surface area contributed by atoms with E-state index in [0.717, 1.165) is 13.8 Å². The molecule has 74 valence electrons. The van der Waals surface area contributed by atoms with E-state index in [-0.39, 0.29) is 6.54 Å². The van der Waals surface area contributed by atoms with Gasteiger partial charge in [-0.25, -0.2) is 8.78 Å². The van der Waals surface area contributed by atoms with Crippen molar-refractivity contribution in [1.29, 1.82) is 0 Å². The number of hydrogen-bond acceptors (Lipinski definition) is 1. The molecule has 0 aliphatic rings. The molecule has 1 amide bonds. The standard InChI is InChI=1S/C9H13F2NO/c1-4-5-12-9(13)8(6(2)10)7(3)11/h4,6H,1,5H2,2-3H3,(H,12,13). The third-order valence-corrected chi connectivity index (χ3v) is 1.42. The van der Waals surface area contributed by atoms with E-state index in [1.54, 1.807) is 0 Å². The molecule has 0 aliphatic carbocycles. The molecule has 1 N–H and O–H groups in total. The Hall–Kier alpha value is -1.19. The minimum Gasteiger partial charge on any atom is -0.349 e. The summed E-state index contributed by atoms with van der Waals surface area (Å²) in [5.41, 5.74) is -0.457. The van der Waals surface area contributed by atoms with Crippen LogP contribution in [-0.4, -0.2) is 18.6 Å². The van der Waals surface area contributed by atoms with E-state index in [4.69, 9.17) is 0 Å². The lowest BCUT2D eigenvalue weighted by Gasteiger charge is -2.08. The zero-order valence-electron chi connectivity index (χ0n) is 7.73. The molecule has 0 spiro atoms. The second-order valence-electron chi connectivity index (χ2n) is 2.56. The van der Waals surface area contributed by atoms with Crippen molar-refractivity contribution < 1.29 is 13.6 Å². The van der Waals surface area contributed by atoms with Crippen molar-refractivity contribution in [1.82, 2.24) is 5.32 Å². The third-order valence-electron chi connectivity index (χ3n) is 1.42. The van der Waals surface area contributed by atoms with Crippen molar-refractivity contribution in [2.75, 3.05) is 6.54 Å². The molecule has 0 saturated carbocycles. The van der Waals surface area contributed by atoms with E-state index in [1.807, 2.05) is 0 Å². The van der Waals surface area contributed by atoms with Gasteiger partial charge in [-0.2, -0.15) is 0 Å². The van der Waals surface area contributed by atoms with Crippen molar-refractivity contribution >= 4 is 5.91 Å². The summed E-state index contributed by atoms with van der Waals surface area (Å²) in [4.78, 5) is 11.1. The van der Waals surface area contributed by atoms with Gasteiger partial charge in [0.15, 0.2) is 0 Å². The molecule has 13 heavy (non-hydrogen) atoms. The third kappa shape index (κ3) is 3.83. The highest BCUT2D eigenvalue weighted by Gasteiger charge is 2.18. The molecular weight excluding hydrogens is 176 g/mol. The van der Waals surface area contributed by atoms with Crippen LogP contribution >= 0.6 is 0 Å². The molecule has 1 atom stereocenters. The van der Waals surface area contributed by atoms with Crippen molar-refractivity contribution in [3.8, 4) is 0 Å². The quantitative estimate of drug-likeness (QED) is 0.531. The first-order chi connectivity index (χ1) is 6.00. The van der Waals surface area contributed by atoms with Crippen LogP contribution < -0.4 is 5.32 Å². The first-order valence-corrected chi connectivity index (χ1v) is 3.90. The Kier molecular flexibility index (Phi) is 4.96. The predicted octanol–water partition coefficient (Wildman–Crippen LogP) is 1.89. The summed E-state index contributed by atoms with van der Waals surface area (Å²) in [6, 6.07) is 0. The number of carbonyl (C=O) groups is 1. The van der Waals surface area contributed by atoms with E-state index in [1.165, 1.54) is 6.08 Å². The summed E-state index contributed by atoms with van der Waals surface area (Å²) in [7, 11) is 0. The van der Waals surface area contributed by atoms with Gasteiger partial charge in [0, 0.05) is 6.54 Å². The van der Waals surface area contributed by atoms with Crippen LogP contribution in [0.1, 0.15) is 13.8 Å². The zero-order chi connectivity index (χ0) is 10.4. The van der Waals surface area contributed by atoms with Crippen molar-refractivity contribution in [2.45, 2.75) is 20.0 Å². The maximum Gasteiger partial charge on any atom is 0.253 e. The zero-order valence-corrected chi connectivity index (χ0v) is 7.73. The van der Waals surface area contributed by atoms with E-state index >= 15 is 0 Å². The minimum absolute atomic E-state index is 0.197. The number of allylic oxidation sites excluding steroid dienone is 1. The highest BCUT2D eigenvalue weighted by Crippen LogP contribution is 2.13. The SMILES string of the molecule is C=CCNC(=O)C(=C(C)F)C(C)F. The second kappa shape index (κ2) is 5.45. The topological polar surface area (TPSA) is 29.1 Å². The highest BCUT2D eigenvalue weighted by atomic mass is 19.1. The number of hydrogen-bond donors (Lipinski definition) is 1. The molecule has 2 nitrogen and oxygen atoms in total. The molecule has 4 heteroatoms. The van der Waals surface area contributed by atoms with E-state index < -0.39 is 23.5 Å². The van der Waals surface area contributed by atoms with Gasteiger partial charge in [-0.3, -0.25) is 4.79 Å². The lowest BCUT2D eigenvalue weighted by Crippen LogP contribution is -2.28. The van der Waals surface area contributed by atoms with Crippen LogP contribution in [-0.2, 0) is 4.79 Å². The Labute approximate surface area is 76.3 Å². The number of halogens is 2. The lowest BCUT2D eigenvalue weighted by atomic mass is 10.1. The van der Waals surface area contributed by atoms with Gasteiger partial charge in [-0.05, 0) is 13.8 Å². The average molecular weight is 189 g/mol. The predicted molar refractivity (Wildman–Crippen MR) is 47.6 cm³/mol. The summed E-state index contributed by atoms with van der Waals surface area (Å²) in [5, 5.41) is 2.30. The van der Waals surface area contributed by atoms with Gasteiger partial charge < -0.3 is 5.32 Å². The maximum absolute atomic E-state index is 12.7. The number of rotatable bonds is 4. The number of alkyl halides is 1. The van der Waals surface area contributed by atoms with Crippen LogP contribution in [0.3, 0.4) is 0 Å². The highest BCUT2D eigenvalue weighted by molar-refractivity contribution is 5.94. The molecule has 0 fully saturated rings. The molecule has 0 aromatic carbocycles. The van der Waals surface area contributed by atoms with Crippen LogP contribution in [0.2, 0.25) is 0 Å². The molecule has 0 aromatic heterocycles. The number of amides is 1. The molecule has 1 unspecified atom stereocenters. The van der Waals surface area contributed by atoms with Crippen LogP contribution in [0.25, 0.3) is 0 Å². The molecular formula is C9H13F2NO. The molecule has 0 aliphatic heterocycles. The van der Waals surface area contributed by atoms with Gasteiger partial charge in [-0.1, -0.05) is 6.08 Å². The summed E-state index contributed by atoms with van der Waals surface area (Å²) in [6.07, 6.45) is -0.166. The normalized spacial score (nSPS) is 14.5. The van der Waals surface area contributed by atoms with E-state index in [9.17, 15) is 13.6 Å². The molecule has 0 heterocycles. The fraction of sp³-hybridized carbons (Fsp3) is 0.444. The van der Waals surface area contributed by atoms with E-state index in [0.29, 0.717) is 0 Å². The largest absolute Gasteiger partial charge is 0.349 e.